The highest BCUT2D eigenvalue weighted by molar-refractivity contribution is 5.79. The highest BCUT2D eigenvalue weighted by Gasteiger charge is 2.48. The summed E-state index contributed by atoms with van der Waals surface area (Å²) < 4.78 is 7.71. The van der Waals surface area contributed by atoms with E-state index in [1.807, 2.05) is 32.7 Å². The lowest BCUT2D eigenvalue weighted by atomic mass is 10.0. The van der Waals surface area contributed by atoms with Crippen molar-refractivity contribution in [3.8, 4) is 0 Å². The van der Waals surface area contributed by atoms with Crippen LogP contribution in [0.25, 0.3) is 0 Å². The summed E-state index contributed by atoms with van der Waals surface area (Å²) in [5, 5.41) is 4.40. The number of fused-ring (bicyclic) bond motifs is 1. The Balaban J connectivity index is 1.77. The van der Waals surface area contributed by atoms with E-state index in [2.05, 4.69) is 16.2 Å². The van der Waals surface area contributed by atoms with Crippen molar-refractivity contribution < 1.29 is 9.53 Å². The Morgan fingerprint density at radius 2 is 2.29 bits per heavy atom. The molecular weight excluding hydrogens is 268 g/mol. The first-order valence-corrected chi connectivity index (χ1v) is 7.53. The second-order valence-corrected chi connectivity index (χ2v) is 6.37. The van der Waals surface area contributed by atoms with E-state index in [9.17, 15) is 4.79 Å². The Kier molecular flexibility index (Phi) is 3.75. The van der Waals surface area contributed by atoms with Gasteiger partial charge in [0.25, 0.3) is 0 Å². The van der Waals surface area contributed by atoms with E-state index in [4.69, 9.17) is 4.74 Å². The Hall–Kier alpha value is -1.40. The summed E-state index contributed by atoms with van der Waals surface area (Å²) in [5.74, 6) is 0.141. The van der Waals surface area contributed by atoms with E-state index in [0.717, 1.165) is 31.8 Å². The molecule has 0 bridgehead atoms. The van der Waals surface area contributed by atoms with Crippen LogP contribution in [0.15, 0.2) is 6.20 Å². The monoisotopic (exact) mass is 292 g/mol. The first-order chi connectivity index (χ1) is 9.97. The average molecular weight is 292 g/mol. The van der Waals surface area contributed by atoms with Gasteiger partial charge in [0.2, 0.25) is 5.91 Å². The van der Waals surface area contributed by atoms with Gasteiger partial charge in [-0.25, -0.2) is 0 Å². The molecule has 0 unspecified atom stereocenters. The third kappa shape index (κ3) is 2.58. The molecule has 1 aromatic rings. The molecule has 1 amide bonds. The first-order valence-electron chi connectivity index (χ1n) is 7.53. The van der Waals surface area contributed by atoms with E-state index in [1.165, 1.54) is 5.56 Å². The summed E-state index contributed by atoms with van der Waals surface area (Å²) in [6.07, 6.45) is 3.14. The van der Waals surface area contributed by atoms with Crippen molar-refractivity contribution in [2.75, 3.05) is 27.2 Å². The summed E-state index contributed by atoms with van der Waals surface area (Å²) in [7, 11) is 5.58. The SMILES string of the molecule is Cc1nn(C)cc1CN1C[C@@H](C(=O)N(C)C)[C@@H]2OCC[C@@H]21. The van der Waals surface area contributed by atoms with Gasteiger partial charge < -0.3 is 9.64 Å². The Morgan fingerprint density at radius 1 is 1.52 bits per heavy atom. The fraction of sp³-hybridized carbons (Fsp3) is 0.733. The molecule has 2 aliphatic rings. The standard InChI is InChI=1S/C15H24N4O2/c1-10-11(7-18(4)16-10)8-19-9-12(15(20)17(2)3)14-13(19)5-6-21-14/h7,12-14H,5-6,8-9H2,1-4H3/t12-,13+,14+/m1/s1. The molecular formula is C15H24N4O2. The lowest BCUT2D eigenvalue weighted by molar-refractivity contribution is -0.135. The molecule has 6 nitrogen and oxygen atoms in total. The number of aromatic nitrogens is 2. The van der Waals surface area contributed by atoms with E-state index in [1.54, 1.807) is 4.90 Å². The summed E-state index contributed by atoms with van der Waals surface area (Å²) in [4.78, 5) is 16.4. The molecule has 0 aromatic carbocycles. The molecule has 2 fully saturated rings. The highest BCUT2D eigenvalue weighted by atomic mass is 16.5. The number of aryl methyl sites for hydroxylation is 2. The Labute approximate surface area is 125 Å². The van der Waals surface area contributed by atoms with Crippen molar-refractivity contribution in [3.63, 3.8) is 0 Å². The van der Waals surface area contributed by atoms with Crippen LogP contribution in [-0.2, 0) is 23.1 Å². The van der Waals surface area contributed by atoms with Gasteiger partial charge in [0, 0.05) is 58.6 Å². The number of hydrogen-bond donors (Lipinski definition) is 0. The third-order valence-electron chi connectivity index (χ3n) is 4.65. The number of hydrogen-bond acceptors (Lipinski definition) is 4. The Morgan fingerprint density at radius 3 is 2.90 bits per heavy atom. The molecule has 2 aliphatic heterocycles. The summed E-state index contributed by atoms with van der Waals surface area (Å²) >= 11 is 0. The van der Waals surface area contributed by atoms with E-state index < -0.39 is 0 Å². The van der Waals surface area contributed by atoms with Crippen molar-refractivity contribution in [2.24, 2.45) is 13.0 Å². The van der Waals surface area contributed by atoms with Gasteiger partial charge in [-0.2, -0.15) is 5.10 Å². The molecule has 6 heteroatoms. The number of likely N-dealkylation sites (tertiary alicyclic amines) is 1. The predicted octanol–water partition coefficient (Wildman–Crippen LogP) is 0.406. The number of amides is 1. The minimum atomic E-state index is -0.0375. The number of rotatable bonds is 3. The van der Waals surface area contributed by atoms with Gasteiger partial charge >= 0.3 is 0 Å². The van der Waals surface area contributed by atoms with Crippen molar-refractivity contribution >= 4 is 5.91 Å². The molecule has 3 heterocycles. The molecule has 3 atom stereocenters. The summed E-state index contributed by atoms with van der Waals surface area (Å²) in [6.45, 7) is 4.42. The molecule has 0 aliphatic carbocycles. The molecule has 0 N–H and O–H groups in total. The van der Waals surface area contributed by atoms with Gasteiger partial charge in [-0.1, -0.05) is 0 Å². The molecule has 1 aromatic heterocycles. The van der Waals surface area contributed by atoms with Gasteiger partial charge in [0.1, 0.15) is 0 Å². The quantitative estimate of drug-likeness (QED) is 0.809. The minimum absolute atomic E-state index is 0.0375. The van der Waals surface area contributed by atoms with Gasteiger partial charge in [-0.05, 0) is 13.3 Å². The Bertz CT molecular complexity index is 540. The third-order valence-corrected chi connectivity index (χ3v) is 4.65. The second kappa shape index (κ2) is 5.42. The topological polar surface area (TPSA) is 50.6 Å². The maximum Gasteiger partial charge on any atom is 0.229 e. The average Bonchev–Trinajstić information content (AvgIpc) is 3.07. The van der Waals surface area contributed by atoms with Crippen LogP contribution >= 0.6 is 0 Å². The normalized spacial score (nSPS) is 28.9. The van der Waals surface area contributed by atoms with Crippen molar-refractivity contribution in [1.29, 1.82) is 0 Å². The number of ether oxygens (including phenoxy) is 1. The van der Waals surface area contributed by atoms with Crippen LogP contribution in [0.5, 0.6) is 0 Å². The van der Waals surface area contributed by atoms with Crippen molar-refractivity contribution in [3.05, 3.63) is 17.5 Å². The molecule has 0 saturated carbocycles. The van der Waals surface area contributed by atoms with Crippen LogP contribution in [0.1, 0.15) is 17.7 Å². The van der Waals surface area contributed by atoms with E-state index in [0.29, 0.717) is 6.04 Å². The zero-order valence-corrected chi connectivity index (χ0v) is 13.2. The molecule has 3 rings (SSSR count). The molecule has 116 valence electrons. The van der Waals surface area contributed by atoms with Gasteiger partial charge in [0.05, 0.1) is 17.7 Å². The summed E-state index contributed by atoms with van der Waals surface area (Å²) in [5.41, 5.74) is 2.30. The zero-order valence-electron chi connectivity index (χ0n) is 13.2. The fourth-order valence-corrected chi connectivity index (χ4v) is 3.62. The largest absolute Gasteiger partial charge is 0.376 e. The lowest BCUT2D eigenvalue weighted by Crippen LogP contribution is -2.37. The van der Waals surface area contributed by atoms with Crippen molar-refractivity contribution in [2.45, 2.75) is 32.0 Å². The maximum atomic E-state index is 12.4. The molecule has 21 heavy (non-hydrogen) atoms. The van der Waals surface area contributed by atoms with E-state index >= 15 is 0 Å². The van der Waals surface area contributed by atoms with Crippen LogP contribution < -0.4 is 0 Å². The fourth-order valence-electron chi connectivity index (χ4n) is 3.62. The van der Waals surface area contributed by atoms with Gasteiger partial charge in [-0.3, -0.25) is 14.4 Å². The molecule has 0 radical (unpaired) electrons. The number of nitrogens with zero attached hydrogens (tertiary/aromatic N) is 4. The predicted molar refractivity (Wildman–Crippen MR) is 78.7 cm³/mol. The minimum Gasteiger partial charge on any atom is -0.376 e. The second-order valence-electron chi connectivity index (χ2n) is 6.37. The van der Waals surface area contributed by atoms with E-state index in [-0.39, 0.29) is 17.9 Å². The van der Waals surface area contributed by atoms with Crippen LogP contribution in [-0.4, -0.2) is 64.9 Å². The van der Waals surface area contributed by atoms with Crippen LogP contribution in [0.4, 0.5) is 0 Å². The summed E-state index contributed by atoms with van der Waals surface area (Å²) in [6, 6.07) is 0.360. The van der Waals surface area contributed by atoms with Crippen LogP contribution in [0.2, 0.25) is 0 Å². The molecule has 2 saturated heterocycles. The number of carbonyl (C=O) groups is 1. The van der Waals surface area contributed by atoms with Crippen LogP contribution in [0, 0.1) is 12.8 Å². The first kappa shape index (κ1) is 14.5. The van der Waals surface area contributed by atoms with Crippen molar-refractivity contribution in [1.82, 2.24) is 19.6 Å². The lowest BCUT2D eigenvalue weighted by Gasteiger charge is -2.21. The molecule has 0 spiro atoms. The maximum absolute atomic E-state index is 12.4. The smallest absolute Gasteiger partial charge is 0.229 e. The van der Waals surface area contributed by atoms with Gasteiger partial charge in [-0.15, -0.1) is 0 Å². The highest BCUT2D eigenvalue weighted by Crippen LogP contribution is 2.35. The number of carbonyl (C=O) groups excluding carboxylic acids is 1. The zero-order chi connectivity index (χ0) is 15.1. The van der Waals surface area contributed by atoms with Crippen LogP contribution in [0.3, 0.4) is 0 Å². The van der Waals surface area contributed by atoms with Gasteiger partial charge in [0.15, 0.2) is 0 Å².